The summed E-state index contributed by atoms with van der Waals surface area (Å²) < 4.78 is 0. The Morgan fingerprint density at radius 2 is 1.56 bits per heavy atom. The first-order valence-electron chi connectivity index (χ1n) is 6.64. The SMILES string of the molecule is CCCC(c1ccccc1C)c1ccccc1N. The smallest absolute Gasteiger partial charge is 0.0352 e. The Balaban J connectivity index is 2.47. The molecule has 0 fully saturated rings. The van der Waals surface area contributed by atoms with Crippen molar-refractivity contribution in [3.8, 4) is 0 Å². The van der Waals surface area contributed by atoms with Crippen molar-refractivity contribution in [1.29, 1.82) is 0 Å². The van der Waals surface area contributed by atoms with Gasteiger partial charge in [0, 0.05) is 11.6 Å². The minimum Gasteiger partial charge on any atom is -0.398 e. The van der Waals surface area contributed by atoms with Crippen LogP contribution < -0.4 is 5.73 Å². The molecule has 1 atom stereocenters. The molecule has 0 heterocycles. The fraction of sp³-hybridized carbons (Fsp3) is 0.294. The highest BCUT2D eigenvalue weighted by Gasteiger charge is 2.16. The number of benzene rings is 2. The molecule has 0 aliphatic carbocycles. The predicted octanol–water partition coefficient (Wildman–Crippen LogP) is 4.51. The number of anilines is 1. The van der Waals surface area contributed by atoms with Gasteiger partial charge < -0.3 is 5.73 Å². The number of aryl methyl sites for hydroxylation is 1. The molecule has 0 radical (unpaired) electrons. The van der Waals surface area contributed by atoms with Crippen molar-refractivity contribution < 1.29 is 0 Å². The van der Waals surface area contributed by atoms with Crippen LogP contribution in [0.5, 0.6) is 0 Å². The van der Waals surface area contributed by atoms with Crippen molar-refractivity contribution in [3.05, 3.63) is 65.2 Å². The van der Waals surface area contributed by atoms with Crippen LogP contribution in [0.15, 0.2) is 48.5 Å². The number of nitrogens with two attached hydrogens (primary N) is 1. The first-order valence-corrected chi connectivity index (χ1v) is 6.64. The number of rotatable bonds is 4. The summed E-state index contributed by atoms with van der Waals surface area (Å²) in [5.74, 6) is 0.414. The molecule has 1 nitrogen and oxygen atoms in total. The molecule has 1 unspecified atom stereocenters. The van der Waals surface area contributed by atoms with Crippen molar-refractivity contribution in [3.63, 3.8) is 0 Å². The quantitative estimate of drug-likeness (QED) is 0.780. The lowest BCUT2D eigenvalue weighted by Crippen LogP contribution is -2.06. The summed E-state index contributed by atoms with van der Waals surface area (Å²) in [7, 11) is 0. The molecule has 2 aromatic rings. The molecular formula is C17H21N. The van der Waals surface area contributed by atoms with Gasteiger partial charge in [0.1, 0.15) is 0 Å². The third-order valence-electron chi connectivity index (χ3n) is 3.51. The summed E-state index contributed by atoms with van der Waals surface area (Å²) >= 11 is 0. The van der Waals surface area contributed by atoms with E-state index in [-0.39, 0.29) is 0 Å². The minimum absolute atomic E-state index is 0.414. The molecule has 2 aromatic carbocycles. The molecule has 2 rings (SSSR count). The molecule has 0 saturated heterocycles. The normalized spacial score (nSPS) is 12.3. The lowest BCUT2D eigenvalue weighted by atomic mass is 9.84. The van der Waals surface area contributed by atoms with Gasteiger partial charge in [-0.05, 0) is 36.1 Å². The van der Waals surface area contributed by atoms with E-state index in [1.807, 2.05) is 12.1 Å². The van der Waals surface area contributed by atoms with Crippen LogP contribution in [0, 0.1) is 6.92 Å². The number of hydrogen-bond donors (Lipinski definition) is 1. The Hall–Kier alpha value is -1.76. The van der Waals surface area contributed by atoms with Crippen molar-refractivity contribution in [2.45, 2.75) is 32.6 Å². The predicted molar refractivity (Wildman–Crippen MR) is 78.8 cm³/mol. The molecule has 1 heteroatoms. The van der Waals surface area contributed by atoms with Gasteiger partial charge in [-0.2, -0.15) is 0 Å². The standard InChI is InChI=1S/C17H21N/c1-3-8-15(14-10-5-4-9-13(14)2)16-11-6-7-12-17(16)18/h4-7,9-12,15H,3,8,18H2,1-2H3. The summed E-state index contributed by atoms with van der Waals surface area (Å²) in [4.78, 5) is 0. The fourth-order valence-corrected chi connectivity index (χ4v) is 2.57. The maximum atomic E-state index is 6.14. The largest absolute Gasteiger partial charge is 0.398 e. The van der Waals surface area contributed by atoms with Crippen LogP contribution >= 0.6 is 0 Å². The number of hydrogen-bond acceptors (Lipinski definition) is 1. The van der Waals surface area contributed by atoms with Gasteiger partial charge in [-0.1, -0.05) is 55.8 Å². The molecule has 0 aliphatic rings. The number of nitrogen functional groups attached to an aromatic ring is 1. The van der Waals surface area contributed by atoms with E-state index < -0.39 is 0 Å². The van der Waals surface area contributed by atoms with Gasteiger partial charge in [0.25, 0.3) is 0 Å². The maximum Gasteiger partial charge on any atom is 0.0352 e. The summed E-state index contributed by atoms with van der Waals surface area (Å²) in [6.45, 7) is 4.40. The van der Waals surface area contributed by atoms with E-state index in [1.54, 1.807) is 0 Å². The second-order valence-electron chi connectivity index (χ2n) is 4.83. The van der Waals surface area contributed by atoms with Crippen LogP contribution in [-0.4, -0.2) is 0 Å². The summed E-state index contributed by atoms with van der Waals surface area (Å²) in [5.41, 5.74) is 11.0. The van der Waals surface area contributed by atoms with Gasteiger partial charge in [0.05, 0.1) is 0 Å². The highest BCUT2D eigenvalue weighted by Crippen LogP contribution is 2.34. The van der Waals surface area contributed by atoms with Crippen LogP contribution in [0.1, 0.15) is 42.4 Å². The second-order valence-corrected chi connectivity index (χ2v) is 4.83. The van der Waals surface area contributed by atoms with Crippen molar-refractivity contribution in [2.24, 2.45) is 0 Å². The summed E-state index contributed by atoms with van der Waals surface area (Å²) in [6, 6.07) is 16.8. The van der Waals surface area contributed by atoms with Crippen LogP contribution in [0.3, 0.4) is 0 Å². The molecule has 0 amide bonds. The molecule has 2 N–H and O–H groups in total. The average molecular weight is 239 g/mol. The van der Waals surface area contributed by atoms with E-state index in [0.29, 0.717) is 5.92 Å². The Morgan fingerprint density at radius 1 is 0.944 bits per heavy atom. The van der Waals surface area contributed by atoms with Gasteiger partial charge in [0.15, 0.2) is 0 Å². The number of para-hydroxylation sites is 1. The Bertz CT molecular complexity index is 471. The van der Waals surface area contributed by atoms with Gasteiger partial charge in [-0.25, -0.2) is 0 Å². The Labute approximate surface area is 110 Å². The van der Waals surface area contributed by atoms with Gasteiger partial charge in [-0.15, -0.1) is 0 Å². The molecule has 18 heavy (non-hydrogen) atoms. The Morgan fingerprint density at radius 3 is 2.17 bits per heavy atom. The van der Waals surface area contributed by atoms with Gasteiger partial charge in [0.2, 0.25) is 0 Å². The lowest BCUT2D eigenvalue weighted by Gasteiger charge is -2.21. The van der Waals surface area contributed by atoms with Crippen molar-refractivity contribution >= 4 is 5.69 Å². The van der Waals surface area contributed by atoms with Crippen LogP contribution in [0.25, 0.3) is 0 Å². The molecule has 0 saturated carbocycles. The third-order valence-corrected chi connectivity index (χ3v) is 3.51. The van der Waals surface area contributed by atoms with Crippen molar-refractivity contribution in [2.75, 3.05) is 5.73 Å². The zero-order valence-electron chi connectivity index (χ0n) is 11.2. The molecule has 94 valence electrons. The lowest BCUT2D eigenvalue weighted by molar-refractivity contribution is 0.696. The van der Waals surface area contributed by atoms with Crippen LogP contribution in [0.4, 0.5) is 5.69 Å². The topological polar surface area (TPSA) is 26.0 Å². The molecular weight excluding hydrogens is 218 g/mol. The molecule has 0 aliphatic heterocycles. The molecule has 0 bridgehead atoms. The maximum absolute atomic E-state index is 6.14. The monoisotopic (exact) mass is 239 g/mol. The third kappa shape index (κ3) is 2.56. The minimum atomic E-state index is 0.414. The summed E-state index contributed by atoms with van der Waals surface area (Å²) in [6.07, 6.45) is 2.30. The zero-order valence-corrected chi connectivity index (χ0v) is 11.2. The molecule has 0 aromatic heterocycles. The van der Waals surface area contributed by atoms with Gasteiger partial charge in [-0.3, -0.25) is 0 Å². The van der Waals surface area contributed by atoms with E-state index >= 15 is 0 Å². The average Bonchev–Trinajstić information content (AvgIpc) is 2.38. The summed E-state index contributed by atoms with van der Waals surface area (Å²) in [5, 5.41) is 0. The first kappa shape index (κ1) is 12.7. The van der Waals surface area contributed by atoms with Crippen LogP contribution in [-0.2, 0) is 0 Å². The van der Waals surface area contributed by atoms with E-state index in [4.69, 9.17) is 5.73 Å². The second kappa shape index (κ2) is 5.72. The van der Waals surface area contributed by atoms with Gasteiger partial charge >= 0.3 is 0 Å². The van der Waals surface area contributed by atoms with E-state index in [1.165, 1.54) is 16.7 Å². The fourth-order valence-electron chi connectivity index (χ4n) is 2.57. The first-order chi connectivity index (χ1) is 8.74. The van der Waals surface area contributed by atoms with Crippen molar-refractivity contribution in [1.82, 2.24) is 0 Å². The van der Waals surface area contributed by atoms with E-state index in [0.717, 1.165) is 18.5 Å². The highest BCUT2D eigenvalue weighted by molar-refractivity contribution is 5.52. The molecule has 0 spiro atoms. The highest BCUT2D eigenvalue weighted by atomic mass is 14.6. The Kier molecular flexibility index (Phi) is 4.03. The zero-order chi connectivity index (χ0) is 13.0. The van der Waals surface area contributed by atoms with E-state index in [9.17, 15) is 0 Å². The van der Waals surface area contributed by atoms with Crippen LogP contribution in [0.2, 0.25) is 0 Å². The van der Waals surface area contributed by atoms with E-state index in [2.05, 4.69) is 50.2 Å².